The number of aryl methyl sites for hydroxylation is 1. The van der Waals surface area contributed by atoms with Gasteiger partial charge in [-0.3, -0.25) is 0 Å². The molecule has 0 aromatic carbocycles. The van der Waals surface area contributed by atoms with E-state index in [0.717, 1.165) is 3.79 Å². The number of halogens is 4. The maximum Gasteiger partial charge on any atom is 0.0769 e. The minimum absolute atomic E-state index is 0.234. The minimum atomic E-state index is 0.234. The number of hydrogen-bond donors (Lipinski definition) is 0. The van der Waals surface area contributed by atoms with Crippen LogP contribution in [0.2, 0.25) is 0 Å². The Balaban J connectivity index is 2.42. The van der Waals surface area contributed by atoms with Crippen molar-refractivity contribution in [1.82, 2.24) is 0 Å². The number of rotatable bonds is 2. The molecule has 2 aromatic rings. The third-order valence-electron chi connectivity index (χ3n) is 2.02. The largest absolute Gasteiger partial charge is 0.143 e. The molecular weight excluding hydrogens is 504 g/mol. The van der Waals surface area contributed by atoms with Gasteiger partial charge in [0.25, 0.3) is 0 Å². The molecule has 2 rings (SSSR count). The molecule has 86 valence electrons. The highest BCUT2D eigenvalue weighted by Crippen LogP contribution is 2.46. The summed E-state index contributed by atoms with van der Waals surface area (Å²) in [5.41, 5.74) is 1.26. The van der Waals surface area contributed by atoms with Crippen molar-refractivity contribution in [2.24, 2.45) is 0 Å². The first-order chi connectivity index (χ1) is 7.49. The fraction of sp³-hybridized carbons (Fsp3) is 0.200. The molecule has 2 heterocycles. The van der Waals surface area contributed by atoms with Gasteiger partial charge < -0.3 is 0 Å². The molecular formula is C10H6Br4S2. The zero-order valence-corrected chi connectivity index (χ0v) is 16.0. The van der Waals surface area contributed by atoms with Crippen molar-refractivity contribution >= 4 is 86.4 Å². The van der Waals surface area contributed by atoms with Crippen molar-refractivity contribution in [2.45, 2.75) is 11.8 Å². The van der Waals surface area contributed by atoms with E-state index in [0.29, 0.717) is 0 Å². The SMILES string of the molecule is Cc1cc(Br)c(C(Br)c2cc(Br)sc2Br)s1. The Kier molecular flexibility index (Phi) is 4.75. The molecule has 6 heteroatoms. The predicted molar refractivity (Wildman–Crippen MR) is 87.2 cm³/mol. The lowest BCUT2D eigenvalue weighted by Crippen LogP contribution is -1.88. The molecule has 0 aliphatic rings. The summed E-state index contributed by atoms with van der Waals surface area (Å²) in [6, 6.07) is 4.30. The van der Waals surface area contributed by atoms with Gasteiger partial charge in [-0.1, -0.05) is 15.9 Å². The second kappa shape index (κ2) is 5.53. The van der Waals surface area contributed by atoms with Gasteiger partial charge in [0.05, 0.1) is 12.4 Å². The lowest BCUT2D eigenvalue weighted by Gasteiger charge is -2.07. The molecule has 16 heavy (non-hydrogen) atoms. The highest BCUT2D eigenvalue weighted by molar-refractivity contribution is 9.12. The average Bonchev–Trinajstić information content (AvgIpc) is 2.68. The summed E-state index contributed by atoms with van der Waals surface area (Å²) >= 11 is 18.0. The van der Waals surface area contributed by atoms with Crippen molar-refractivity contribution < 1.29 is 0 Å². The third-order valence-corrected chi connectivity index (χ3v) is 7.70. The maximum atomic E-state index is 3.76. The van der Waals surface area contributed by atoms with E-state index in [1.807, 2.05) is 11.3 Å². The van der Waals surface area contributed by atoms with Crippen LogP contribution in [0.25, 0.3) is 0 Å². The van der Waals surface area contributed by atoms with Crippen molar-refractivity contribution in [3.63, 3.8) is 0 Å². The smallest absolute Gasteiger partial charge is 0.0769 e. The van der Waals surface area contributed by atoms with Crippen LogP contribution in [0.5, 0.6) is 0 Å². The second-order valence-corrected chi connectivity index (χ2v) is 10.0. The molecule has 0 amide bonds. The minimum Gasteiger partial charge on any atom is -0.143 e. The van der Waals surface area contributed by atoms with Crippen molar-refractivity contribution in [2.75, 3.05) is 0 Å². The Labute approximate surface area is 136 Å². The summed E-state index contributed by atoms with van der Waals surface area (Å²) in [4.78, 5) is 2.86. The number of alkyl halides is 1. The van der Waals surface area contributed by atoms with E-state index in [-0.39, 0.29) is 4.83 Å². The van der Waals surface area contributed by atoms with Crippen molar-refractivity contribution in [1.29, 1.82) is 0 Å². The molecule has 0 bridgehead atoms. The Hall–Kier alpha value is 1.32. The Bertz CT molecular complexity index is 469. The van der Waals surface area contributed by atoms with Crippen LogP contribution in [0.15, 0.2) is 24.2 Å². The molecule has 0 aliphatic carbocycles. The van der Waals surface area contributed by atoms with Crippen LogP contribution in [-0.4, -0.2) is 0 Å². The van der Waals surface area contributed by atoms with Gasteiger partial charge in [0.2, 0.25) is 0 Å². The number of thiophene rings is 2. The first-order valence-electron chi connectivity index (χ1n) is 4.33. The van der Waals surface area contributed by atoms with Crippen LogP contribution < -0.4 is 0 Å². The van der Waals surface area contributed by atoms with Crippen LogP contribution in [0, 0.1) is 6.92 Å². The van der Waals surface area contributed by atoms with E-state index in [1.54, 1.807) is 11.3 Å². The van der Waals surface area contributed by atoms with Gasteiger partial charge in [-0.25, -0.2) is 0 Å². The lowest BCUT2D eigenvalue weighted by atomic mass is 10.2. The zero-order chi connectivity index (χ0) is 11.9. The standard InChI is InChI=1S/C10H6Br4S2/c1-4-2-6(11)9(15-4)8(13)5-3-7(12)16-10(5)14/h2-3,8H,1H3. The molecule has 1 atom stereocenters. The lowest BCUT2D eigenvalue weighted by molar-refractivity contribution is 1.22. The summed E-state index contributed by atoms with van der Waals surface area (Å²) in [7, 11) is 0. The van der Waals surface area contributed by atoms with Crippen LogP contribution in [-0.2, 0) is 0 Å². The van der Waals surface area contributed by atoms with Gasteiger partial charge in [0.1, 0.15) is 0 Å². The van der Waals surface area contributed by atoms with Gasteiger partial charge in [-0.05, 0) is 72.4 Å². The quantitative estimate of drug-likeness (QED) is 0.387. The van der Waals surface area contributed by atoms with E-state index >= 15 is 0 Å². The van der Waals surface area contributed by atoms with E-state index in [4.69, 9.17) is 0 Å². The first kappa shape index (κ1) is 13.7. The van der Waals surface area contributed by atoms with E-state index in [2.05, 4.69) is 82.8 Å². The van der Waals surface area contributed by atoms with Gasteiger partial charge in [0.15, 0.2) is 0 Å². The fourth-order valence-electron chi connectivity index (χ4n) is 1.34. The molecule has 0 spiro atoms. The highest BCUT2D eigenvalue weighted by Gasteiger charge is 2.20. The molecule has 0 N–H and O–H groups in total. The normalized spacial score (nSPS) is 13.1. The van der Waals surface area contributed by atoms with Gasteiger partial charge in [-0.2, -0.15) is 0 Å². The van der Waals surface area contributed by atoms with E-state index < -0.39 is 0 Å². The van der Waals surface area contributed by atoms with Crippen molar-refractivity contribution in [3.8, 4) is 0 Å². The van der Waals surface area contributed by atoms with Crippen LogP contribution in [0.1, 0.15) is 20.1 Å². The van der Waals surface area contributed by atoms with Crippen molar-refractivity contribution in [3.05, 3.63) is 39.5 Å². The summed E-state index contributed by atoms with van der Waals surface area (Å²) < 4.78 is 3.48. The molecule has 0 radical (unpaired) electrons. The van der Waals surface area contributed by atoms with E-state index in [9.17, 15) is 0 Å². The first-order valence-corrected chi connectivity index (χ1v) is 9.26. The summed E-state index contributed by atoms with van der Waals surface area (Å²) in [5.74, 6) is 0. The summed E-state index contributed by atoms with van der Waals surface area (Å²) in [5, 5.41) is 0. The van der Waals surface area contributed by atoms with E-state index in [1.165, 1.54) is 23.6 Å². The Morgan fingerprint density at radius 1 is 1.12 bits per heavy atom. The highest BCUT2D eigenvalue weighted by atomic mass is 79.9. The van der Waals surface area contributed by atoms with Crippen LogP contribution in [0.4, 0.5) is 0 Å². The average molecular weight is 510 g/mol. The Morgan fingerprint density at radius 3 is 2.25 bits per heavy atom. The van der Waals surface area contributed by atoms with Crippen LogP contribution >= 0.6 is 86.4 Å². The second-order valence-electron chi connectivity index (χ2n) is 3.21. The molecule has 0 aliphatic heterocycles. The monoisotopic (exact) mass is 506 g/mol. The molecule has 0 nitrogen and oxygen atoms in total. The van der Waals surface area contributed by atoms with Gasteiger partial charge >= 0.3 is 0 Å². The molecule has 2 aromatic heterocycles. The topological polar surface area (TPSA) is 0 Å². The zero-order valence-electron chi connectivity index (χ0n) is 8.06. The predicted octanol–water partition coefficient (Wildman–Crippen LogP) is 6.89. The molecule has 0 fully saturated rings. The number of hydrogen-bond acceptors (Lipinski definition) is 2. The molecule has 0 saturated carbocycles. The van der Waals surface area contributed by atoms with Crippen LogP contribution in [0.3, 0.4) is 0 Å². The van der Waals surface area contributed by atoms with Gasteiger partial charge in [0, 0.05) is 14.2 Å². The van der Waals surface area contributed by atoms with Gasteiger partial charge in [-0.15, -0.1) is 22.7 Å². The summed E-state index contributed by atoms with van der Waals surface area (Å²) in [6.07, 6.45) is 0. The fourth-order valence-corrected chi connectivity index (χ4v) is 7.77. The summed E-state index contributed by atoms with van der Waals surface area (Å²) in [6.45, 7) is 2.12. The molecule has 1 unspecified atom stereocenters. The molecule has 0 saturated heterocycles. The Morgan fingerprint density at radius 2 is 1.81 bits per heavy atom. The maximum absolute atomic E-state index is 3.76. The third kappa shape index (κ3) is 2.83.